The van der Waals surface area contributed by atoms with E-state index in [-0.39, 0.29) is 0 Å². The molecule has 60 valence electrons. The summed E-state index contributed by atoms with van der Waals surface area (Å²) < 4.78 is 1.79. The second-order valence-electron chi connectivity index (χ2n) is 2.15. The standard InChI is InChI=1S/C9H5ClIN/c10-9(5-11)8-3-1-7(6-12)2-4-8/h1-5H/b9-5+. The van der Waals surface area contributed by atoms with Crippen LogP contribution in [-0.4, -0.2) is 0 Å². The van der Waals surface area contributed by atoms with E-state index in [0.717, 1.165) is 5.56 Å². The van der Waals surface area contributed by atoms with Crippen molar-refractivity contribution in [2.24, 2.45) is 0 Å². The summed E-state index contributed by atoms with van der Waals surface area (Å²) in [5, 5.41) is 9.22. The minimum Gasteiger partial charge on any atom is -0.192 e. The Morgan fingerprint density at radius 3 is 2.42 bits per heavy atom. The normalized spacial score (nSPS) is 10.9. The van der Waals surface area contributed by atoms with Crippen LogP contribution < -0.4 is 0 Å². The topological polar surface area (TPSA) is 23.8 Å². The molecule has 0 spiro atoms. The van der Waals surface area contributed by atoms with Crippen molar-refractivity contribution in [2.75, 3.05) is 0 Å². The molecule has 0 fully saturated rings. The van der Waals surface area contributed by atoms with E-state index in [2.05, 4.69) is 22.6 Å². The quantitative estimate of drug-likeness (QED) is 0.726. The van der Waals surface area contributed by atoms with Crippen LogP contribution in [0, 0.1) is 11.3 Å². The predicted molar refractivity (Wildman–Crippen MR) is 59.0 cm³/mol. The highest BCUT2D eigenvalue weighted by Gasteiger charge is 1.96. The maximum Gasteiger partial charge on any atom is 0.0991 e. The van der Waals surface area contributed by atoms with E-state index in [1.807, 2.05) is 18.2 Å². The molecule has 0 bridgehead atoms. The number of rotatable bonds is 1. The number of benzene rings is 1. The Labute approximate surface area is 89.8 Å². The summed E-state index contributed by atoms with van der Waals surface area (Å²) in [6.07, 6.45) is 0. The van der Waals surface area contributed by atoms with Gasteiger partial charge in [0.25, 0.3) is 0 Å². The van der Waals surface area contributed by atoms with Gasteiger partial charge in [0, 0.05) is 0 Å². The smallest absolute Gasteiger partial charge is 0.0991 e. The highest BCUT2D eigenvalue weighted by molar-refractivity contribution is 14.1. The van der Waals surface area contributed by atoms with Crippen LogP contribution in [-0.2, 0) is 0 Å². The molecule has 1 nitrogen and oxygen atoms in total. The Morgan fingerprint density at radius 2 is 2.00 bits per heavy atom. The van der Waals surface area contributed by atoms with Gasteiger partial charge in [0.15, 0.2) is 0 Å². The van der Waals surface area contributed by atoms with Crippen molar-refractivity contribution in [1.82, 2.24) is 0 Å². The maximum atomic E-state index is 8.53. The van der Waals surface area contributed by atoms with Crippen molar-refractivity contribution in [3.63, 3.8) is 0 Å². The van der Waals surface area contributed by atoms with Gasteiger partial charge in [-0.1, -0.05) is 46.3 Å². The van der Waals surface area contributed by atoms with E-state index < -0.39 is 0 Å². The van der Waals surface area contributed by atoms with Crippen molar-refractivity contribution in [3.8, 4) is 6.07 Å². The SMILES string of the molecule is N#Cc1ccc(/C(Cl)=C\I)cc1. The first kappa shape index (κ1) is 9.56. The van der Waals surface area contributed by atoms with Crippen molar-refractivity contribution in [3.05, 3.63) is 39.5 Å². The van der Waals surface area contributed by atoms with Gasteiger partial charge in [0.2, 0.25) is 0 Å². The molecule has 0 aliphatic rings. The Morgan fingerprint density at radius 1 is 1.42 bits per heavy atom. The number of hydrogen-bond donors (Lipinski definition) is 0. The molecular weight excluding hydrogens is 284 g/mol. The lowest BCUT2D eigenvalue weighted by Crippen LogP contribution is -1.77. The molecule has 1 aromatic carbocycles. The van der Waals surface area contributed by atoms with Crippen LogP contribution in [0.4, 0.5) is 0 Å². The van der Waals surface area contributed by atoms with Gasteiger partial charge in [-0.25, -0.2) is 0 Å². The van der Waals surface area contributed by atoms with E-state index in [9.17, 15) is 0 Å². The molecule has 0 saturated heterocycles. The van der Waals surface area contributed by atoms with E-state index >= 15 is 0 Å². The summed E-state index contributed by atoms with van der Waals surface area (Å²) in [6.45, 7) is 0. The molecule has 0 N–H and O–H groups in total. The first-order chi connectivity index (χ1) is 5.77. The lowest BCUT2D eigenvalue weighted by Gasteiger charge is -1.96. The molecule has 0 saturated carbocycles. The average molecular weight is 290 g/mol. The number of nitriles is 1. The van der Waals surface area contributed by atoms with Crippen LogP contribution >= 0.6 is 34.2 Å². The molecule has 0 unspecified atom stereocenters. The first-order valence-corrected chi connectivity index (χ1v) is 4.86. The lowest BCUT2D eigenvalue weighted by atomic mass is 10.1. The zero-order chi connectivity index (χ0) is 8.97. The van der Waals surface area contributed by atoms with Gasteiger partial charge >= 0.3 is 0 Å². The fraction of sp³-hybridized carbons (Fsp3) is 0. The van der Waals surface area contributed by atoms with Gasteiger partial charge in [-0.2, -0.15) is 5.26 Å². The summed E-state index contributed by atoms with van der Waals surface area (Å²) in [5.41, 5.74) is 1.58. The molecule has 1 rings (SSSR count). The highest BCUT2D eigenvalue weighted by atomic mass is 127. The third kappa shape index (κ3) is 2.23. The molecule has 12 heavy (non-hydrogen) atoms. The van der Waals surface area contributed by atoms with Gasteiger partial charge < -0.3 is 0 Å². The average Bonchev–Trinajstić information content (AvgIpc) is 2.17. The number of halogens is 2. The van der Waals surface area contributed by atoms with Crippen LogP contribution in [0.25, 0.3) is 5.03 Å². The van der Waals surface area contributed by atoms with E-state index in [0.29, 0.717) is 10.6 Å². The first-order valence-electron chi connectivity index (χ1n) is 3.24. The minimum absolute atomic E-state index is 0.650. The minimum atomic E-state index is 0.650. The molecule has 0 aromatic heterocycles. The fourth-order valence-electron chi connectivity index (χ4n) is 0.767. The van der Waals surface area contributed by atoms with Gasteiger partial charge in [0.1, 0.15) is 0 Å². The summed E-state index contributed by atoms with van der Waals surface area (Å²) in [7, 11) is 0. The van der Waals surface area contributed by atoms with Crippen LogP contribution in [0.15, 0.2) is 28.3 Å². The van der Waals surface area contributed by atoms with Crippen LogP contribution in [0.5, 0.6) is 0 Å². The third-order valence-corrected chi connectivity index (χ3v) is 2.70. The van der Waals surface area contributed by atoms with E-state index in [4.69, 9.17) is 16.9 Å². The Balaban J connectivity index is 3.02. The number of nitrogens with zero attached hydrogens (tertiary/aromatic N) is 1. The van der Waals surface area contributed by atoms with Gasteiger partial charge in [-0.3, -0.25) is 0 Å². The second kappa shape index (κ2) is 4.48. The fourth-order valence-corrected chi connectivity index (χ4v) is 1.25. The van der Waals surface area contributed by atoms with Crippen molar-refractivity contribution >= 4 is 39.2 Å². The monoisotopic (exact) mass is 289 g/mol. The number of hydrogen-bond acceptors (Lipinski definition) is 1. The summed E-state index contributed by atoms with van der Waals surface area (Å²) >= 11 is 7.93. The van der Waals surface area contributed by atoms with Gasteiger partial charge in [0.05, 0.1) is 16.7 Å². The van der Waals surface area contributed by atoms with Crippen molar-refractivity contribution < 1.29 is 0 Å². The lowest BCUT2D eigenvalue weighted by molar-refractivity contribution is 1.48. The maximum absolute atomic E-state index is 8.53. The third-order valence-electron chi connectivity index (χ3n) is 1.39. The molecule has 0 radical (unpaired) electrons. The zero-order valence-corrected chi connectivity index (χ0v) is 9.00. The molecule has 0 aliphatic carbocycles. The van der Waals surface area contributed by atoms with Gasteiger partial charge in [-0.15, -0.1) is 0 Å². The van der Waals surface area contributed by atoms with Crippen LogP contribution in [0.2, 0.25) is 0 Å². The Bertz CT molecular complexity index is 335. The van der Waals surface area contributed by atoms with E-state index in [1.165, 1.54) is 0 Å². The van der Waals surface area contributed by atoms with E-state index in [1.54, 1.807) is 16.2 Å². The highest BCUT2D eigenvalue weighted by Crippen LogP contribution is 2.20. The van der Waals surface area contributed by atoms with Crippen molar-refractivity contribution in [2.45, 2.75) is 0 Å². The molecule has 0 atom stereocenters. The Hall–Kier alpha value is -0.530. The molecule has 1 aromatic rings. The van der Waals surface area contributed by atoms with Crippen LogP contribution in [0.3, 0.4) is 0 Å². The molecule has 0 aliphatic heterocycles. The molecule has 0 heterocycles. The summed E-state index contributed by atoms with van der Waals surface area (Å²) in [5.74, 6) is 0. The largest absolute Gasteiger partial charge is 0.192 e. The summed E-state index contributed by atoms with van der Waals surface area (Å²) in [4.78, 5) is 0. The summed E-state index contributed by atoms with van der Waals surface area (Å²) in [6, 6.07) is 9.20. The Kier molecular flexibility index (Phi) is 3.57. The van der Waals surface area contributed by atoms with Crippen LogP contribution in [0.1, 0.15) is 11.1 Å². The van der Waals surface area contributed by atoms with Crippen molar-refractivity contribution in [1.29, 1.82) is 5.26 Å². The molecule has 0 amide bonds. The molecular formula is C9H5ClIN. The van der Waals surface area contributed by atoms with Gasteiger partial charge in [-0.05, 0) is 21.8 Å². The predicted octanol–water partition coefficient (Wildman–Crippen LogP) is 3.53. The zero-order valence-electron chi connectivity index (χ0n) is 6.09. The second-order valence-corrected chi connectivity index (χ2v) is 3.18. The molecule has 3 heteroatoms.